The normalized spacial score (nSPS) is 34.6. The van der Waals surface area contributed by atoms with Crippen molar-refractivity contribution in [3.05, 3.63) is 0 Å². The van der Waals surface area contributed by atoms with Gasteiger partial charge in [0.25, 0.3) is 0 Å². The van der Waals surface area contributed by atoms with Crippen LogP contribution < -0.4 is 5.32 Å². The first-order valence-corrected chi connectivity index (χ1v) is 8.65. The predicted octanol–water partition coefficient (Wildman–Crippen LogP) is -0.601. The van der Waals surface area contributed by atoms with E-state index in [2.05, 4.69) is 29.1 Å². The van der Waals surface area contributed by atoms with E-state index in [1.807, 2.05) is 0 Å². The SMILES string of the molecule is CC1CN(C)CCN1CCC1CS(=O)(=O)CCN1. The van der Waals surface area contributed by atoms with Crippen molar-refractivity contribution in [3.8, 4) is 0 Å². The van der Waals surface area contributed by atoms with Gasteiger partial charge in [-0.05, 0) is 20.4 Å². The van der Waals surface area contributed by atoms with E-state index in [-0.39, 0.29) is 6.04 Å². The van der Waals surface area contributed by atoms with Crippen LogP contribution in [-0.2, 0) is 9.84 Å². The predicted molar refractivity (Wildman–Crippen MR) is 73.6 cm³/mol. The summed E-state index contributed by atoms with van der Waals surface area (Å²) in [5, 5.41) is 3.32. The van der Waals surface area contributed by atoms with Gasteiger partial charge in [-0.3, -0.25) is 4.90 Å². The molecule has 18 heavy (non-hydrogen) atoms. The van der Waals surface area contributed by atoms with Crippen LogP contribution in [0.2, 0.25) is 0 Å². The fraction of sp³-hybridized carbons (Fsp3) is 1.00. The Hall–Kier alpha value is -0.170. The van der Waals surface area contributed by atoms with E-state index in [4.69, 9.17) is 0 Å². The van der Waals surface area contributed by atoms with E-state index < -0.39 is 9.84 Å². The number of piperazine rings is 1. The van der Waals surface area contributed by atoms with Gasteiger partial charge in [-0.1, -0.05) is 0 Å². The third-order valence-electron chi connectivity index (χ3n) is 4.03. The third-order valence-corrected chi connectivity index (χ3v) is 5.77. The molecule has 0 aromatic rings. The summed E-state index contributed by atoms with van der Waals surface area (Å²) in [4.78, 5) is 4.83. The van der Waals surface area contributed by atoms with Crippen molar-refractivity contribution < 1.29 is 8.42 Å². The minimum Gasteiger partial charge on any atom is -0.312 e. The molecular formula is C12H25N3O2S. The fourth-order valence-electron chi connectivity index (χ4n) is 2.88. The van der Waals surface area contributed by atoms with Crippen molar-refractivity contribution >= 4 is 9.84 Å². The van der Waals surface area contributed by atoms with Crippen LogP contribution in [-0.4, -0.2) is 81.6 Å². The Balaban J connectivity index is 1.77. The molecule has 0 bridgehead atoms. The molecule has 6 heteroatoms. The first kappa shape index (κ1) is 14.2. The minimum absolute atomic E-state index is 0.149. The first-order valence-electron chi connectivity index (χ1n) is 6.83. The zero-order valence-corrected chi connectivity index (χ0v) is 12.2. The Kier molecular flexibility index (Phi) is 4.64. The number of hydrogen-bond acceptors (Lipinski definition) is 5. The van der Waals surface area contributed by atoms with Crippen molar-refractivity contribution in [3.63, 3.8) is 0 Å². The molecule has 2 heterocycles. The summed E-state index contributed by atoms with van der Waals surface area (Å²) in [5.41, 5.74) is 0. The Morgan fingerprint density at radius 3 is 2.78 bits per heavy atom. The monoisotopic (exact) mass is 275 g/mol. The molecule has 2 saturated heterocycles. The molecule has 106 valence electrons. The summed E-state index contributed by atoms with van der Waals surface area (Å²) in [6, 6.07) is 0.722. The van der Waals surface area contributed by atoms with Crippen LogP contribution in [0.4, 0.5) is 0 Å². The third kappa shape index (κ3) is 3.91. The fourth-order valence-corrected chi connectivity index (χ4v) is 4.38. The molecule has 2 atom stereocenters. The number of likely N-dealkylation sites (N-methyl/N-ethyl adjacent to an activating group) is 1. The molecule has 2 aliphatic heterocycles. The highest BCUT2D eigenvalue weighted by Gasteiger charge is 2.26. The molecule has 0 amide bonds. The largest absolute Gasteiger partial charge is 0.312 e. The standard InChI is InChI=1S/C12H25N3O2S/c1-11-9-14(2)6-7-15(11)5-3-12-10-18(16,17)8-4-13-12/h11-13H,3-10H2,1-2H3. The molecule has 2 rings (SSSR count). The summed E-state index contributed by atoms with van der Waals surface area (Å²) >= 11 is 0. The van der Waals surface area contributed by atoms with Crippen molar-refractivity contribution in [1.82, 2.24) is 15.1 Å². The molecule has 0 aromatic heterocycles. The topological polar surface area (TPSA) is 52.7 Å². The van der Waals surface area contributed by atoms with Crippen LogP contribution in [0.5, 0.6) is 0 Å². The lowest BCUT2D eigenvalue weighted by Gasteiger charge is -2.39. The summed E-state index contributed by atoms with van der Waals surface area (Å²) in [6.45, 7) is 7.18. The van der Waals surface area contributed by atoms with E-state index >= 15 is 0 Å². The van der Waals surface area contributed by atoms with E-state index in [0.29, 0.717) is 24.1 Å². The Labute approximate surface area is 110 Å². The number of hydrogen-bond donors (Lipinski definition) is 1. The maximum absolute atomic E-state index is 11.6. The summed E-state index contributed by atoms with van der Waals surface area (Å²) in [6.07, 6.45) is 0.938. The van der Waals surface area contributed by atoms with E-state index in [1.54, 1.807) is 0 Å². The van der Waals surface area contributed by atoms with E-state index in [0.717, 1.165) is 32.6 Å². The minimum atomic E-state index is -2.80. The smallest absolute Gasteiger partial charge is 0.153 e. The van der Waals surface area contributed by atoms with Crippen LogP contribution >= 0.6 is 0 Å². The summed E-state index contributed by atoms with van der Waals surface area (Å²) in [7, 11) is -0.641. The quantitative estimate of drug-likeness (QED) is 0.745. The van der Waals surface area contributed by atoms with Crippen LogP contribution in [0.15, 0.2) is 0 Å². The number of nitrogens with zero attached hydrogens (tertiary/aromatic N) is 2. The molecule has 0 radical (unpaired) electrons. The second-order valence-corrected chi connectivity index (χ2v) is 7.93. The van der Waals surface area contributed by atoms with Gasteiger partial charge >= 0.3 is 0 Å². The van der Waals surface area contributed by atoms with Crippen LogP contribution in [0, 0.1) is 0 Å². The van der Waals surface area contributed by atoms with Gasteiger partial charge in [0.2, 0.25) is 0 Å². The van der Waals surface area contributed by atoms with Gasteiger partial charge in [-0.2, -0.15) is 0 Å². The summed E-state index contributed by atoms with van der Waals surface area (Å²) in [5.74, 6) is 0.615. The average molecular weight is 275 g/mol. The molecule has 5 nitrogen and oxygen atoms in total. The van der Waals surface area contributed by atoms with Gasteiger partial charge in [-0.15, -0.1) is 0 Å². The second-order valence-electron chi connectivity index (χ2n) is 5.70. The average Bonchev–Trinajstić information content (AvgIpc) is 2.26. The second kappa shape index (κ2) is 5.86. The Bertz CT molecular complexity index is 372. The zero-order valence-electron chi connectivity index (χ0n) is 11.4. The van der Waals surface area contributed by atoms with Crippen LogP contribution in [0.25, 0.3) is 0 Å². The zero-order chi connectivity index (χ0) is 13.2. The lowest BCUT2D eigenvalue weighted by molar-refractivity contribution is 0.0967. The van der Waals surface area contributed by atoms with Gasteiger partial charge < -0.3 is 10.2 Å². The maximum Gasteiger partial charge on any atom is 0.153 e. The number of rotatable bonds is 3. The van der Waals surface area contributed by atoms with Crippen molar-refractivity contribution in [2.24, 2.45) is 0 Å². The highest BCUT2D eigenvalue weighted by atomic mass is 32.2. The Morgan fingerprint density at radius 1 is 1.33 bits per heavy atom. The molecule has 2 fully saturated rings. The van der Waals surface area contributed by atoms with Crippen molar-refractivity contribution in [2.45, 2.75) is 25.4 Å². The van der Waals surface area contributed by atoms with Crippen molar-refractivity contribution in [1.29, 1.82) is 0 Å². The number of nitrogens with one attached hydrogen (secondary N) is 1. The van der Waals surface area contributed by atoms with Gasteiger partial charge in [0.05, 0.1) is 11.5 Å². The first-order chi connectivity index (χ1) is 8.46. The maximum atomic E-state index is 11.6. The lowest BCUT2D eigenvalue weighted by atomic mass is 10.1. The van der Waals surface area contributed by atoms with Gasteiger partial charge in [0, 0.05) is 44.8 Å². The van der Waals surface area contributed by atoms with Gasteiger partial charge in [0.15, 0.2) is 9.84 Å². The van der Waals surface area contributed by atoms with Gasteiger partial charge in [0.1, 0.15) is 0 Å². The van der Waals surface area contributed by atoms with E-state index in [1.165, 1.54) is 0 Å². The van der Waals surface area contributed by atoms with Crippen LogP contribution in [0.3, 0.4) is 0 Å². The molecular weight excluding hydrogens is 250 g/mol. The molecule has 0 aromatic carbocycles. The molecule has 2 unspecified atom stereocenters. The lowest BCUT2D eigenvalue weighted by Crippen LogP contribution is -2.52. The van der Waals surface area contributed by atoms with Crippen LogP contribution in [0.1, 0.15) is 13.3 Å². The van der Waals surface area contributed by atoms with E-state index in [9.17, 15) is 8.42 Å². The molecule has 0 saturated carbocycles. The highest BCUT2D eigenvalue weighted by Crippen LogP contribution is 2.11. The molecule has 0 spiro atoms. The highest BCUT2D eigenvalue weighted by molar-refractivity contribution is 7.91. The number of sulfone groups is 1. The molecule has 0 aliphatic carbocycles. The summed E-state index contributed by atoms with van der Waals surface area (Å²) < 4.78 is 23.1. The molecule has 1 N–H and O–H groups in total. The van der Waals surface area contributed by atoms with Crippen molar-refractivity contribution in [2.75, 3.05) is 51.3 Å². The van der Waals surface area contributed by atoms with Gasteiger partial charge in [-0.25, -0.2) is 8.42 Å². The molecule has 2 aliphatic rings. The Morgan fingerprint density at radius 2 is 2.11 bits per heavy atom.